The average Bonchev–Trinajstić information content (AvgIpc) is 2.55. The van der Waals surface area contributed by atoms with Crippen molar-refractivity contribution in [1.82, 2.24) is 0 Å². The molecule has 0 atom stereocenters. The highest BCUT2D eigenvalue weighted by Crippen LogP contribution is 2.21. The van der Waals surface area contributed by atoms with Crippen molar-refractivity contribution in [3.05, 3.63) is 54.1 Å². The molecule has 2 aromatic carbocycles. The lowest BCUT2D eigenvalue weighted by molar-refractivity contribution is 0.597. The second kappa shape index (κ2) is 7.20. The third kappa shape index (κ3) is 4.05. The Morgan fingerprint density at radius 2 is 1.59 bits per heavy atom. The largest absolute Gasteiger partial charge is 0.370 e. The van der Waals surface area contributed by atoms with E-state index in [1.165, 1.54) is 10.5 Å². The number of nitrogens with zero attached hydrogens (tertiary/aromatic N) is 1. The molecule has 0 heterocycles. The molecule has 0 aromatic heterocycles. The van der Waals surface area contributed by atoms with Crippen molar-refractivity contribution in [3.63, 3.8) is 0 Å². The van der Waals surface area contributed by atoms with Crippen LogP contribution in [0.4, 0.5) is 5.69 Å². The Morgan fingerprint density at radius 1 is 1.00 bits per heavy atom. The second-order valence-corrected chi connectivity index (χ2v) is 8.26. The van der Waals surface area contributed by atoms with Crippen molar-refractivity contribution >= 4 is 27.3 Å². The van der Waals surface area contributed by atoms with Gasteiger partial charge in [0, 0.05) is 24.2 Å². The lowest BCUT2D eigenvalue weighted by Crippen LogP contribution is -2.16. The molecular weight excluding hydrogens is 314 g/mol. The highest BCUT2D eigenvalue weighted by Gasteiger charge is 2.11. The molecule has 22 heavy (non-hydrogen) atoms. The van der Waals surface area contributed by atoms with Gasteiger partial charge in [-0.3, -0.25) is 0 Å². The zero-order chi connectivity index (χ0) is 16.2. The van der Waals surface area contributed by atoms with Crippen LogP contribution in [0.15, 0.2) is 58.3 Å². The smallest absolute Gasteiger partial charge is 0.178 e. The topological polar surface area (TPSA) is 37.4 Å². The van der Waals surface area contributed by atoms with Gasteiger partial charge in [-0.15, -0.1) is 11.8 Å². The number of hydrogen-bond donors (Lipinski definition) is 0. The molecule has 2 rings (SSSR count). The van der Waals surface area contributed by atoms with Crippen LogP contribution in [-0.4, -0.2) is 27.5 Å². The minimum Gasteiger partial charge on any atom is -0.370 e. The fourth-order valence-corrected chi connectivity index (χ4v) is 3.46. The molecule has 0 bridgehead atoms. The van der Waals surface area contributed by atoms with Crippen LogP contribution in [-0.2, 0) is 16.4 Å². The summed E-state index contributed by atoms with van der Waals surface area (Å²) in [7, 11) is -1.12. The van der Waals surface area contributed by atoms with Gasteiger partial charge < -0.3 is 4.90 Å². The molecule has 0 aliphatic carbocycles. The molecule has 0 saturated heterocycles. The van der Waals surface area contributed by atoms with Crippen molar-refractivity contribution in [2.75, 3.05) is 24.0 Å². The maximum Gasteiger partial charge on any atom is 0.178 e. The van der Waals surface area contributed by atoms with Crippen LogP contribution in [0.25, 0.3) is 0 Å². The van der Waals surface area contributed by atoms with Crippen LogP contribution in [0.1, 0.15) is 12.5 Å². The van der Waals surface area contributed by atoms with Gasteiger partial charge in [0.1, 0.15) is 0 Å². The van der Waals surface area contributed by atoms with Crippen LogP contribution < -0.4 is 4.90 Å². The van der Waals surface area contributed by atoms with Crippen LogP contribution >= 0.6 is 11.8 Å². The van der Waals surface area contributed by atoms with Gasteiger partial charge in [-0.25, -0.2) is 8.42 Å². The van der Waals surface area contributed by atoms with Gasteiger partial charge in [0.05, 0.1) is 10.6 Å². The van der Waals surface area contributed by atoms with E-state index in [1.54, 1.807) is 30.8 Å². The summed E-state index contributed by atoms with van der Waals surface area (Å²) in [4.78, 5) is 3.74. The van der Waals surface area contributed by atoms with Crippen molar-refractivity contribution in [1.29, 1.82) is 0 Å². The quantitative estimate of drug-likeness (QED) is 0.752. The molecule has 0 unspecified atom stereocenters. The summed E-state index contributed by atoms with van der Waals surface area (Å²) in [6.45, 7) is 2.45. The number of thioether (sulfide) groups is 1. The first kappa shape index (κ1) is 16.9. The van der Waals surface area contributed by atoms with Gasteiger partial charge in [0.15, 0.2) is 9.84 Å². The Hall–Kier alpha value is -1.46. The minimum atomic E-state index is -3.13. The number of anilines is 1. The summed E-state index contributed by atoms with van der Waals surface area (Å²) in [5.41, 5.74) is 2.23. The highest BCUT2D eigenvalue weighted by atomic mass is 32.2. The molecule has 5 heteroatoms. The van der Waals surface area contributed by atoms with Gasteiger partial charge >= 0.3 is 0 Å². The summed E-state index contributed by atoms with van der Waals surface area (Å²) in [5, 5.41) is 0. The molecule has 2 aromatic rings. The SMILES string of the molecule is CCS(=O)(=O)c1ccc(N(C)Cc2ccc(SC)cc2)cc1. The first-order valence-corrected chi connectivity index (χ1v) is 10.0. The molecule has 0 amide bonds. The number of hydrogen-bond acceptors (Lipinski definition) is 4. The average molecular weight is 335 g/mol. The number of sulfone groups is 1. The number of rotatable bonds is 6. The zero-order valence-electron chi connectivity index (χ0n) is 13.1. The van der Waals surface area contributed by atoms with Gasteiger partial charge in [-0.05, 0) is 48.2 Å². The predicted octanol–water partition coefficient (Wildman–Crippen LogP) is 3.84. The Morgan fingerprint density at radius 3 is 2.09 bits per heavy atom. The Kier molecular flexibility index (Phi) is 5.53. The Balaban J connectivity index is 2.10. The molecule has 118 valence electrons. The summed E-state index contributed by atoms with van der Waals surface area (Å²) < 4.78 is 23.6. The van der Waals surface area contributed by atoms with Gasteiger partial charge in [-0.1, -0.05) is 19.1 Å². The first-order chi connectivity index (χ1) is 10.5. The van der Waals surface area contributed by atoms with Crippen molar-refractivity contribution in [2.24, 2.45) is 0 Å². The Bertz CT molecular complexity index is 707. The van der Waals surface area contributed by atoms with Crippen LogP contribution in [0.5, 0.6) is 0 Å². The summed E-state index contributed by atoms with van der Waals surface area (Å²) in [5.74, 6) is 0.129. The first-order valence-electron chi connectivity index (χ1n) is 7.13. The van der Waals surface area contributed by atoms with E-state index < -0.39 is 9.84 Å². The van der Waals surface area contributed by atoms with E-state index in [4.69, 9.17) is 0 Å². The third-order valence-electron chi connectivity index (χ3n) is 3.60. The van der Waals surface area contributed by atoms with Gasteiger partial charge in [0.2, 0.25) is 0 Å². The van der Waals surface area contributed by atoms with Crippen LogP contribution in [0.3, 0.4) is 0 Å². The third-order valence-corrected chi connectivity index (χ3v) is 6.09. The zero-order valence-corrected chi connectivity index (χ0v) is 14.7. The summed E-state index contributed by atoms with van der Waals surface area (Å²) in [6, 6.07) is 15.6. The molecule has 0 radical (unpaired) electrons. The van der Waals surface area contributed by atoms with Crippen molar-refractivity contribution < 1.29 is 8.42 Å². The lowest BCUT2D eigenvalue weighted by atomic mass is 10.2. The maximum absolute atomic E-state index is 11.8. The van der Waals surface area contributed by atoms with Crippen LogP contribution in [0.2, 0.25) is 0 Å². The summed E-state index contributed by atoms with van der Waals surface area (Å²) in [6.07, 6.45) is 2.06. The van der Waals surface area contributed by atoms with Gasteiger partial charge in [-0.2, -0.15) is 0 Å². The van der Waals surface area contributed by atoms with E-state index in [-0.39, 0.29) is 5.75 Å². The second-order valence-electron chi connectivity index (χ2n) is 5.10. The molecular formula is C17H21NO2S2. The van der Waals surface area contributed by atoms with E-state index >= 15 is 0 Å². The van der Waals surface area contributed by atoms with Crippen LogP contribution in [0, 0.1) is 0 Å². The molecule has 0 aliphatic heterocycles. The van der Waals surface area contributed by atoms with Crippen molar-refractivity contribution in [2.45, 2.75) is 23.3 Å². The monoisotopic (exact) mass is 335 g/mol. The normalized spacial score (nSPS) is 11.4. The molecule has 0 aliphatic rings. The predicted molar refractivity (Wildman–Crippen MR) is 94.5 cm³/mol. The van der Waals surface area contributed by atoms with E-state index in [0.29, 0.717) is 4.90 Å². The molecule has 0 fully saturated rings. The van der Waals surface area contributed by atoms with E-state index in [9.17, 15) is 8.42 Å². The standard InChI is InChI=1S/C17H21NO2S2/c1-4-22(19,20)17-11-7-15(8-12-17)18(2)13-14-5-9-16(21-3)10-6-14/h5-12H,4,13H2,1-3H3. The molecule has 0 spiro atoms. The van der Waals surface area contributed by atoms with E-state index in [1.807, 2.05) is 19.2 Å². The maximum atomic E-state index is 11.8. The lowest BCUT2D eigenvalue weighted by Gasteiger charge is -2.20. The van der Waals surface area contributed by atoms with Gasteiger partial charge in [0.25, 0.3) is 0 Å². The molecule has 0 saturated carbocycles. The minimum absolute atomic E-state index is 0.129. The van der Waals surface area contributed by atoms with Crippen molar-refractivity contribution in [3.8, 4) is 0 Å². The number of benzene rings is 2. The fourth-order valence-electron chi connectivity index (χ4n) is 2.17. The fraction of sp³-hybridized carbons (Fsp3) is 0.294. The molecule has 0 N–H and O–H groups in total. The molecule has 3 nitrogen and oxygen atoms in total. The highest BCUT2D eigenvalue weighted by molar-refractivity contribution is 7.98. The van der Waals surface area contributed by atoms with E-state index in [0.717, 1.165) is 12.2 Å². The van der Waals surface area contributed by atoms with E-state index in [2.05, 4.69) is 35.4 Å². The Labute approximate surface area is 137 Å². The summed E-state index contributed by atoms with van der Waals surface area (Å²) >= 11 is 1.73.